The molecule has 5 nitrogen and oxygen atoms in total. The Bertz CT molecular complexity index is 580. The summed E-state index contributed by atoms with van der Waals surface area (Å²) in [6.07, 6.45) is 2.37. The lowest BCUT2D eigenvalue weighted by molar-refractivity contribution is -0.0493. The van der Waals surface area contributed by atoms with Crippen molar-refractivity contribution < 1.29 is 13.5 Å². The molecule has 0 radical (unpaired) electrons. The fraction of sp³-hybridized carbons (Fsp3) is 0.286. The van der Waals surface area contributed by atoms with E-state index in [1.165, 1.54) is 12.4 Å². The van der Waals surface area contributed by atoms with Crippen molar-refractivity contribution in [2.24, 2.45) is 0 Å². The van der Waals surface area contributed by atoms with Crippen LogP contribution in [0.2, 0.25) is 0 Å². The summed E-state index contributed by atoms with van der Waals surface area (Å²) < 4.78 is 29.2. The number of nitrogens with one attached hydrogen (secondary N) is 2. The number of halogens is 2. The number of hydrogen-bond acceptors (Lipinski definition) is 5. The van der Waals surface area contributed by atoms with Gasteiger partial charge in [-0.05, 0) is 18.6 Å². The summed E-state index contributed by atoms with van der Waals surface area (Å²) >= 11 is 0. The van der Waals surface area contributed by atoms with Gasteiger partial charge in [0, 0.05) is 12.6 Å². The van der Waals surface area contributed by atoms with E-state index in [0.29, 0.717) is 17.3 Å². The summed E-state index contributed by atoms with van der Waals surface area (Å²) in [5.74, 6) is 1.23. The van der Waals surface area contributed by atoms with E-state index in [-0.39, 0.29) is 5.75 Å². The molecule has 2 aromatic rings. The third-order valence-corrected chi connectivity index (χ3v) is 2.59. The van der Waals surface area contributed by atoms with Gasteiger partial charge in [-0.15, -0.1) is 0 Å². The first-order chi connectivity index (χ1) is 10.2. The zero-order valence-corrected chi connectivity index (χ0v) is 11.5. The number of anilines is 3. The van der Waals surface area contributed by atoms with Gasteiger partial charge in [-0.25, -0.2) is 9.97 Å². The number of benzene rings is 1. The average molecular weight is 294 g/mol. The van der Waals surface area contributed by atoms with Crippen LogP contribution in [0.4, 0.5) is 26.1 Å². The minimum absolute atomic E-state index is 0.0641. The molecule has 0 bridgehead atoms. The van der Waals surface area contributed by atoms with Crippen molar-refractivity contribution in [2.45, 2.75) is 20.0 Å². The summed E-state index contributed by atoms with van der Waals surface area (Å²) in [6, 6.07) is 8.15. The number of hydrogen-bond donors (Lipinski definition) is 2. The fourth-order valence-corrected chi connectivity index (χ4v) is 1.68. The van der Waals surface area contributed by atoms with Crippen LogP contribution in [0.15, 0.2) is 36.7 Å². The highest BCUT2D eigenvalue weighted by Gasteiger charge is 2.09. The summed E-state index contributed by atoms with van der Waals surface area (Å²) in [4.78, 5) is 8.13. The molecule has 0 aliphatic carbocycles. The lowest BCUT2D eigenvalue weighted by atomic mass is 10.3. The third kappa shape index (κ3) is 4.55. The number of rotatable bonds is 7. The van der Waals surface area contributed by atoms with E-state index in [4.69, 9.17) is 0 Å². The molecule has 0 saturated carbocycles. The molecule has 0 unspecified atom stereocenters. The lowest BCUT2D eigenvalue weighted by Crippen LogP contribution is -2.06. The van der Waals surface area contributed by atoms with Crippen molar-refractivity contribution in [3.05, 3.63) is 36.7 Å². The first kappa shape index (κ1) is 15.0. The fourth-order valence-electron chi connectivity index (χ4n) is 1.68. The molecule has 7 heteroatoms. The molecule has 0 amide bonds. The summed E-state index contributed by atoms with van der Waals surface area (Å²) in [6.45, 7) is -0.0348. The second-order valence-electron chi connectivity index (χ2n) is 4.21. The molecule has 1 aromatic carbocycles. The molecule has 2 N–H and O–H groups in total. The molecule has 0 atom stereocenters. The van der Waals surface area contributed by atoms with Gasteiger partial charge in [0.05, 0.1) is 5.69 Å². The Balaban J connectivity index is 2.14. The molecular formula is C14H16F2N4O. The number of alkyl halides is 2. The van der Waals surface area contributed by atoms with Crippen molar-refractivity contribution in [1.82, 2.24) is 9.97 Å². The SMILES string of the molecule is CCCNc1cc(Nc2ccccc2OC(F)F)ncn1. The Morgan fingerprint density at radius 2 is 1.95 bits per heavy atom. The normalized spacial score (nSPS) is 10.5. The number of ether oxygens (including phenoxy) is 1. The Kier molecular flexibility index (Phi) is 5.25. The standard InChI is InChI=1S/C14H16F2N4O/c1-2-7-17-12-8-13(19-9-18-12)20-10-5-3-4-6-11(10)21-14(15)16/h3-6,8-9,14H,2,7H2,1H3,(H2,17,18,19,20). The molecule has 112 valence electrons. The van der Waals surface area contributed by atoms with Gasteiger partial charge < -0.3 is 15.4 Å². The highest BCUT2D eigenvalue weighted by molar-refractivity contribution is 5.65. The van der Waals surface area contributed by atoms with Gasteiger partial charge >= 0.3 is 6.61 Å². The van der Waals surface area contributed by atoms with Crippen molar-refractivity contribution >= 4 is 17.3 Å². The zero-order valence-electron chi connectivity index (χ0n) is 11.5. The van der Waals surface area contributed by atoms with Gasteiger partial charge in [0.1, 0.15) is 23.7 Å². The number of aromatic nitrogens is 2. The van der Waals surface area contributed by atoms with Crippen molar-refractivity contribution in [2.75, 3.05) is 17.2 Å². The zero-order chi connectivity index (χ0) is 15.1. The Morgan fingerprint density at radius 3 is 2.71 bits per heavy atom. The highest BCUT2D eigenvalue weighted by Crippen LogP contribution is 2.28. The summed E-state index contributed by atoms with van der Waals surface area (Å²) in [5, 5.41) is 6.07. The topological polar surface area (TPSA) is 59.1 Å². The number of para-hydroxylation sites is 2. The molecule has 0 aliphatic rings. The van der Waals surface area contributed by atoms with Gasteiger partial charge in [0.25, 0.3) is 0 Å². The molecular weight excluding hydrogens is 278 g/mol. The van der Waals surface area contributed by atoms with Crippen molar-refractivity contribution in [3.63, 3.8) is 0 Å². The van der Waals surface area contributed by atoms with Crippen LogP contribution in [0, 0.1) is 0 Å². The average Bonchev–Trinajstić information content (AvgIpc) is 2.47. The van der Waals surface area contributed by atoms with E-state index in [2.05, 4.69) is 25.3 Å². The molecule has 0 saturated heterocycles. The Hall–Kier alpha value is -2.44. The van der Waals surface area contributed by atoms with E-state index in [1.807, 2.05) is 6.92 Å². The Morgan fingerprint density at radius 1 is 1.19 bits per heavy atom. The molecule has 0 aliphatic heterocycles. The van der Waals surface area contributed by atoms with Crippen LogP contribution in [-0.2, 0) is 0 Å². The second-order valence-corrected chi connectivity index (χ2v) is 4.21. The van der Waals surface area contributed by atoms with Crippen molar-refractivity contribution in [1.29, 1.82) is 0 Å². The van der Waals surface area contributed by atoms with E-state index >= 15 is 0 Å². The van der Waals surface area contributed by atoms with E-state index in [1.54, 1.807) is 24.3 Å². The van der Waals surface area contributed by atoms with Crippen LogP contribution in [0.25, 0.3) is 0 Å². The molecule has 1 heterocycles. The monoisotopic (exact) mass is 294 g/mol. The summed E-state index contributed by atoms with van der Waals surface area (Å²) in [7, 11) is 0. The predicted octanol–water partition coefficient (Wildman–Crippen LogP) is 3.64. The lowest BCUT2D eigenvalue weighted by Gasteiger charge is -2.12. The molecule has 21 heavy (non-hydrogen) atoms. The summed E-state index contributed by atoms with van der Waals surface area (Å²) in [5.41, 5.74) is 0.415. The highest BCUT2D eigenvalue weighted by atomic mass is 19.3. The first-order valence-electron chi connectivity index (χ1n) is 6.56. The van der Waals surface area contributed by atoms with Crippen LogP contribution in [-0.4, -0.2) is 23.1 Å². The number of nitrogens with zero attached hydrogens (tertiary/aromatic N) is 2. The maximum absolute atomic E-state index is 12.4. The van der Waals surface area contributed by atoms with E-state index in [0.717, 1.165) is 13.0 Å². The van der Waals surface area contributed by atoms with Gasteiger partial charge in [0.15, 0.2) is 0 Å². The predicted molar refractivity (Wildman–Crippen MR) is 77.2 cm³/mol. The quantitative estimate of drug-likeness (QED) is 0.816. The largest absolute Gasteiger partial charge is 0.433 e. The minimum atomic E-state index is -2.87. The van der Waals surface area contributed by atoms with Crippen molar-refractivity contribution in [3.8, 4) is 5.75 Å². The maximum atomic E-state index is 12.4. The van der Waals surface area contributed by atoms with Crippen LogP contribution < -0.4 is 15.4 Å². The molecule has 2 rings (SSSR count). The molecule has 0 spiro atoms. The van der Waals surface area contributed by atoms with Gasteiger partial charge in [-0.2, -0.15) is 8.78 Å². The minimum Gasteiger partial charge on any atom is -0.433 e. The van der Waals surface area contributed by atoms with Gasteiger partial charge in [0.2, 0.25) is 0 Å². The van der Waals surface area contributed by atoms with Gasteiger partial charge in [-0.1, -0.05) is 19.1 Å². The molecule has 0 fully saturated rings. The van der Waals surface area contributed by atoms with Crippen LogP contribution >= 0.6 is 0 Å². The molecule has 1 aromatic heterocycles. The second kappa shape index (κ2) is 7.37. The smallest absolute Gasteiger partial charge is 0.387 e. The third-order valence-electron chi connectivity index (χ3n) is 2.59. The van der Waals surface area contributed by atoms with E-state index < -0.39 is 6.61 Å². The van der Waals surface area contributed by atoms with Crippen LogP contribution in [0.1, 0.15) is 13.3 Å². The first-order valence-corrected chi connectivity index (χ1v) is 6.56. The van der Waals surface area contributed by atoms with Gasteiger partial charge in [-0.3, -0.25) is 0 Å². The Labute approximate surface area is 121 Å². The maximum Gasteiger partial charge on any atom is 0.387 e. The van der Waals surface area contributed by atoms with Crippen LogP contribution in [0.5, 0.6) is 5.75 Å². The van der Waals surface area contributed by atoms with E-state index in [9.17, 15) is 8.78 Å². The van der Waals surface area contributed by atoms with Crippen LogP contribution in [0.3, 0.4) is 0 Å².